The van der Waals surface area contributed by atoms with Crippen LogP contribution in [0.25, 0.3) is 0 Å². The zero-order valence-electron chi connectivity index (χ0n) is 11.3. The van der Waals surface area contributed by atoms with E-state index < -0.39 is 5.60 Å². The van der Waals surface area contributed by atoms with Crippen LogP contribution in [0.5, 0.6) is 0 Å². The first-order valence-corrected chi connectivity index (χ1v) is 6.12. The van der Waals surface area contributed by atoms with Gasteiger partial charge in [0.15, 0.2) is 5.82 Å². The summed E-state index contributed by atoms with van der Waals surface area (Å²) in [5.74, 6) is 0.838. The molecule has 1 aliphatic heterocycles. The Balaban J connectivity index is 2.05. The fourth-order valence-corrected chi connectivity index (χ4v) is 1.99. The van der Waals surface area contributed by atoms with E-state index in [1.54, 1.807) is 4.68 Å². The monoisotopic (exact) mass is 252 g/mol. The number of hydrogen-bond donors (Lipinski definition) is 2. The van der Waals surface area contributed by atoms with Crippen molar-refractivity contribution in [1.82, 2.24) is 15.1 Å². The SMILES string of the molecule is Cn1cc2c(n1)NCCC2NC(=O)OC(C)(C)C. The molecular weight excluding hydrogens is 232 g/mol. The van der Waals surface area contributed by atoms with Crippen LogP contribution >= 0.6 is 0 Å². The molecule has 0 saturated carbocycles. The molecule has 0 radical (unpaired) electrons. The molecule has 1 aromatic heterocycles. The maximum Gasteiger partial charge on any atom is 0.408 e. The highest BCUT2D eigenvalue weighted by atomic mass is 16.6. The standard InChI is InChI=1S/C12H20N4O2/c1-12(2,3)18-11(17)14-9-5-6-13-10-8(9)7-16(4)15-10/h7,9H,5-6H2,1-4H3,(H,13,15)(H,14,17). The van der Waals surface area contributed by atoms with Crippen LogP contribution in [0.2, 0.25) is 0 Å². The third-order valence-electron chi connectivity index (χ3n) is 2.65. The van der Waals surface area contributed by atoms with Crippen molar-refractivity contribution in [3.8, 4) is 0 Å². The smallest absolute Gasteiger partial charge is 0.408 e. The van der Waals surface area contributed by atoms with Gasteiger partial charge in [0.05, 0.1) is 6.04 Å². The Morgan fingerprint density at radius 1 is 1.61 bits per heavy atom. The summed E-state index contributed by atoms with van der Waals surface area (Å²) in [6, 6.07) is -0.0372. The maximum absolute atomic E-state index is 11.8. The predicted octanol–water partition coefficient (Wildman–Crippen LogP) is 1.80. The summed E-state index contributed by atoms with van der Waals surface area (Å²) in [5, 5.41) is 10.4. The number of anilines is 1. The molecular formula is C12H20N4O2. The topological polar surface area (TPSA) is 68.2 Å². The van der Waals surface area contributed by atoms with E-state index in [1.165, 1.54) is 0 Å². The molecule has 0 spiro atoms. The second-order valence-corrected chi connectivity index (χ2v) is 5.52. The van der Waals surface area contributed by atoms with E-state index in [1.807, 2.05) is 34.0 Å². The van der Waals surface area contributed by atoms with Gasteiger partial charge < -0.3 is 15.4 Å². The summed E-state index contributed by atoms with van der Waals surface area (Å²) >= 11 is 0. The molecule has 2 heterocycles. The van der Waals surface area contributed by atoms with Crippen molar-refractivity contribution in [3.05, 3.63) is 11.8 Å². The average Bonchev–Trinajstić information content (AvgIpc) is 2.56. The molecule has 1 aromatic rings. The molecule has 2 N–H and O–H groups in total. The fourth-order valence-electron chi connectivity index (χ4n) is 1.99. The fraction of sp³-hybridized carbons (Fsp3) is 0.667. The first kappa shape index (κ1) is 12.7. The van der Waals surface area contributed by atoms with Crippen molar-refractivity contribution in [3.63, 3.8) is 0 Å². The minimum Gasteiger partial charge on any atom is -0.444 e. The van der Waals surface area contributed by atoms with Gasteiger partial charge in [0.2, 0.25) is 0 Å². The Labute approximate surface area is 107 Å². The molecule has 0 fully saturated rings. The second-order valence-electron chi connectivity index (χ2n) is 5.52. The van der Waals surface area contributed by atoms with Crippen molar-refractivity contribution in [2.24, 2.45) is 7.05 Å². The van der Waals surface area contributed by atoms with Crippen LogP contribution in [-0.2, 0) is 11.8 Å². The molecule has 6 nitrogen and oxygen atoms in total. The van der Waals surface area contributed by atoms with Gasteiger partial charge in [-0.1, -0.05) is 0 Å². The molecule has 18 heavy (non-hydrogen) atoms. The van der Waals surface area contributed by atoms with Crippen LogP contribution in [0.4, 0.5) is 10.6 Å². The molecule has 1 unspecified atom stereocenters. The highest BCUT2D eigenvalue weighted by molar-refractivity contribution is 5.69. The number of carbonyl (C=O) groups excluding carboxylic acids is 1. The van der Waals surface area contributed by atoms with Crippen molar-refractivity contribution in [1.29, 1.82) is 0 Å². The number of fused-ring (bicyclic) bond motifs is 1. The lowest BCUT2D eigenvalue weighted by Gasteiger charge is -2.26. The number of rotatable bonds is 1. The van der Waals surface area contributed by atoms with Crippen LogP contribution in [0.1, 0.15) is 38.8 Å². The minimum absolute atomic E-state index is 0.0372. The molecule has 0 aromatic carbocycles. The normalized spacial score (nSPS) is 18.8. The van der Waals surface area contributed by atoms with Gasteiger partial charge in [-0.2, -0.15) is 5.10 Å². The number of aryl methyl sites for hydroxylation is 1. The van der Waals surface area contributed by atoms with Crippen molar-refractivity contribution in [2.75, 3.05) is 11.9 Å². The summed E-state index contributed by atoms with van der Waals surface area (Å²) in [7, 11) is 1.87. The number of nitrogens with one attached hydrogen (secondary N) is 2. The number of aromatic nitrogens is 2. The quantitative estimate of drug-likeness (QED) is 0.799. The second kappa shape index (κ2) is 4.51. The number of amides is 1. The van der Waals surface area contributed by atoms with E-state index in [0.717, 1.165) is 24.3 Å². The molecule has 1 amide bonds. The van der Waals surface area contributed by atoms with Gasteiger partial charge in [-0.3, -0.25) is 4.68 Å². The highest BCUT2D eigenvalue weighted by Crippen LogP contribution is 2.28. The van der Waals surface area contributed by atoms with Gasteiger partial charge in [-0.15, -0.1) is 0 Å². The van der Waals surface area contributed by atoms with Crippen LogP contribution in [0.15, 0.2) is 6.20 Å². The molecule has 6 heteroatoms. The van der Waals surface area contributed by atoms with E-state index >= 15 is 0 Å². The van der Waals surface area contributed by atoms with Crippen molar-refractivity contribution >= 4 is 11.9 Å². The summed E-state index contributed by atoms with van der Waals surface area (Å²) in [6.45, 7) is 6.35. The Kier molecular flexibility index (Phi) is 3.19. The Hall–Kier alpha value is -1.72. The van der Waals surface area contributed by atoms with Crippen LogP contribution in [0.3, 0.4) is 0 Å². The van der Waals surface area contributed by atoms with Gasteiger partial charge >= 0.3 is 6.09 Å². The van der Waals surface area contributed by atoms with Crippen molar-refractivity contribution < 1.29 is 9.53 Å². The van der Waals surface area contributed by atoms with Crippen LogP contribution in [0, 0.1) is 0 Å². The number of hydrogen-bond acceptors (Lipinski definition) is 4. The van der Waals surface area contributed by atoms with E-state index in [2.05, 4.69) is 15.7 Å². The lowest BCUT2D eigenvalue weighted by molar-refractivity contribution is 0.0501. The summed E-state index contributed by atoms with van der Waals surface area (Å²) < 4.78 is 7.01. The zero-order valence-corrected chi connectivity index (χ0v) is 11.3. The first-order valence-electron chi connectivity index (χ1n) is 6.12. The summed E-state index contributed by atoms with van der Waals surface area (Å²) in [5.41, 5.74) is 0.531. The molecule has 1 aliphatic rings. The molecule has 0 bridgehead atoms. The Bertz CT molecular complexity index is 447. The Morgan fingerprint density at radius 3 is 3.00 bits per heavy atom. The van der Waals surface area contributed by atoms with E-state index in [9.17, 15) is 4.79 Å². The van der Waals surface area contributed by atoms with Crippen LogP contribution in [-0.4, -0.2) is 28.0 Å². The number of carbonyl (C=O) groups is 1. The number of alkyl carbamates (subject to hydrolysis) is 1. The van der Waals surface area contributed by atoms with Gasteiger partial charge in [0.25, 0.3) is 0 Å². The Morgan fingerprint density at radius 2 is 2.33 bits per heavy atom. The predicted molar refractivity (Wildman–Crippen MR) is 68.4 cm³/mol. The molecule has 2 rings (SSSR count). The third-order valence-corrected chi connectivity index (χ3v) is 2.65. The van der Waals surface area contributed by atoms with E-state index in [0.29, 0.717) is 0 Å². The van der Waals surface area contributed by atoms with Gasteiger partial charge in [0.1, 0.15) is 5.60 Å². The largest absolute Gasteiger partial charge is 0.444 e. The minimum atomic E-state index is -0.477. The molecule has 0 aliphatic carbocycles. The van der Waals surface area contributed by atoms with E-state index in [-0.39, 0.29) is 12.1 Å². The maximum atomic E-state index is 11.8. The third kappa shape index (κ3) is 2.94. The van der Waals surface area contributed by atoms with Gasteiger partial charge in [-0.25, -0.2) is 4.79 Å². The summed E-state index contributed by atoms with van der Waals surface area (Å²) in [4.78, 5) is 11.8. The molecule has 100 valence electrons. The van der Waals surface area contributed by atoms with Gasteiger partial charge in [-0.05, 0) is 27.2 Å². The lowest BCUT2D eigenvalue weighted by Crippen LogP contribution is -2.37. The summed E-state index contributed by atoms with van der Waals surface area (Å²) in [6.07, 6.45) is 2.37. The van der Waals surface area contributed by atoms with Gasteiger partial charge in [0, 0.05) is 25.4 Å². The van der Waals surface area contributed by atoms with E-state index in [4.69, 9.17) is 4.74 Å². The van der Waals surface area contributed by atoms with Crippen molar-refractivity contribution in [2.45, 2.75) is 38.8 Å². The zero-order chi connectivity index (χ0) is 13.3. The van der Waals surface area contributed by atoms with Crippen LogP contribution < -0.4 is 10.6 Å². The first-order chi connectivity index (χ1) is 8.35. The number of nitrogens with zero attached hydrogens (tertiary/aromatic N) is 2. The average molecular weight is 252 g/mol. The number of ether oxygens (including phenoxy) is 1. The lowest BCUT2D eigenvalue weighted by atomic mass is 10.0. The molecule has 1 atom stereocenters. The highest BCUT2D eigenvalue weighted by Gasteiger charge is 2.26. The molecule has 0 saturated heterocycles.